The maximum absolute atomic E-state index is 9.44. The summed E-state index contributed by atoms with van der Waals surface area (Å²) >= 11 is 0. The second-order valence-electron chi connectivity index (χ2n) is 24.2. The Morgan fingerprint density at radius 2 is 0.672 bits per heavy atom. The van der Waals surface area contributed by atoms with Crippen LogP contribution in [-0.2, 0) is 24.9 Å². The van der Waals surface area contributed by atoms with E-state index in [9.17, 15) is 5.11 Å². The Labute approximate surface area is 368 Å². The summed E-state index contributed by atoms with van der Waals surface area (Å²) in [6.07, 6.45) is 37.0. The average molecular weight is 839 g/mol. The summed E-state index contributed by atoms with van der Waals surface area (Å²) in [5, 5.41) is 18.1. The molecule has 314 valence electrons. The molecule has 2 aromatic rings. The van der Waals surface area contributed by atoms with E-state index in [0.29, 0.717) is 16.9 Å². The Bertz CT molecular complexity index is 1420. The largest absolute Gasteiger partial charge is 2.00 e. The number of aromatic hydroxyl groups is 2. The summed E-state index contributed by atoms with van der Waals surface area (Å²) in [4.78, 5) is 0. The standard InChI is InChI=1S/C16H20O.2C11H18.C10H15.C6H6O.CH3.Zn/c17-15-3-1-14(2-4-15)16-8-11-5-12(9-16)7-13(6-11)10-16;2*1-11-5-8-2-9(6-11)4-10(3-8)7-11;1-7-2-9-4-8(1)5-10(3-7)6-9;7-6-4-2-1-3-5-6;;/h1-4,11-13,17H,5-10H2;2*8-10H,2-7H2,1H3;7-9H,1-6H2;1-5,7H;1H3;/q;;;-1;;-1;+2. The first-order valence-corrected chi connectivity index (χ1v) is 24.4. The van der Waals surface area contributed by atoms with Crippen LogP contribution in [0.15, 0.2) is 54.6 Å². The molecule has 2 N–H and O–H groups in total. The molecule has 0 aromatic heterocycles. The van der Waals surface area contributed by atoms with E-state index < -0.39 is 0 Å². The minimum Gasteiger partial charge on any atom is -0.508 e. The molecule has 16 fully saturated rings. The van der Waals surface area contributed by atoms with Crippen molar-refractivity contribution < 1.29 is 29.7 Å². The second-order valence-corrected chi connectivity index (χ2v) is 24.2. The fourth-order valence-electron chi connectivity index (χ4n) is 18.5. The Kier molecular flexibility index (Phi) is 13.0. The van der Waals surface area contributed by atoms with Gasteiger partial charge in [0.2, 0.25) is 0 Å². The van der Waals surface area contributed by atoms with Gasteiger partial charge >= 0.3 is 19.5 Å². The van der Waals surface area contributed by atoms with Gasteiger partial charge in [0, 0.05) is 0 Å². The minimum absolute atomic E-state index is 0. The number of para-hydroxylation sites is 1. The Hall–Kier alpha value is -1.34. The molecule has 18 rings (SSSR count). The molecule has 0 unspecified atom stereocenters. The van der Waals surface area contributed by atoms with Crippen LogP contribution in [-0.4, -0.2) is 10.2 Å². The first kappa shape index (κ1) is 43.3. The SMILES string of the molecule is C1[C-]2CC3CC1CC(C2)C3.CC12CC3CC(CC(C3)C1)C2.CC12CC3CC(CC(C3)C1)C2.Oc1ccc(C23CC4CC(CC(C4)C2)C3)cc1.Oc1ccccc1.[CH3-].[Zn+2]. The van der Waals surface area contributed by atoms with Gasteiger partial charge in [-0.15, -0.1) is 0 Å². The first-order chi connectivity index (χ1) is 27.0. The van der Waals surface area contributed by atoms with Crippen LogP contribution >= 0.6 is 0 Å². The monoisotopic (exact) mass is 837 g/mol. The molecular formula is C55H80O2Zn. The Balaban J connectivity index is 0.000000103. The Morgan fingerprint density at radius 1 is 0.397 bits per heavy atom. The van der Waals surface area contributed by atoms with Gasteiger partial charge in [-0.05, 0) is 215 Å². The third-order valence-corrected chi connectivity index (χ3v) is 18.7. The van der Waals surface area contributed by atoms with E-state index in [-0.39, 0.29) is 26.9 Å². The van der Waals surface area contributed by atoms with Crippen molar-refractivity contribution in [3.8, 4) is 11.5 Å². The van der Waals surface area contributed by atoms with Gasteiger partial charge in [0.05, 0.1) is 0 Å². The number of hydrogen-bond donors (Lipinski definition) is 2. The summed E-state index contributed by atoms with van der Waals surface area (Å²) < 4.78 is 0. The fraction of sp³-hybridized carbons (Fsp3) is 0.745. The number of phenols is 2. The Morgan fingerprint density at radius 3 is 0.931 bits per heavy atom. The van der Waals surface area contributed by atoms with Gasteiger partial charge < -0.3 is 23.6 Å². The summed E-state index contributed by atoms with van der Waals surface area (Å²) in [5.41, 5.74) is 3.57. The van der Waals surface area contributed by atoms with Crippen molar-refractivity contribution in [2.24, 2.45) is 81.8 Å². The van der Waals surface area contributed by atoms with E-state index in [1.807, 2.05) is 24.1 Å². The molecule has 16 saturated carbocycles. The van der Waals surface area contributed by atoms with Gasteiger partial charge in [-0.2, -0.15) is 19.3 Å². The number of rotatable bonds is 1. The van der Waals surface area contributed by atoms with E-state index in [1.54, 1.807) is 121 Å². The van der Waals surface area contributed by atoms with Crippen LogP contribution in [0, 0.1) is 95.2 Å². The first-order valence-electron chi connectivity index (χ1n) is 24.4. The van der Waals surface area contributed by atoms with Crippen LogP contribution in [0.5, 0.6) is 11.5 Å². The van der Waals surface area contributed by atoms with E-state index in [1.165, 1.54) is 63.4 Å². The third kappa shape index (κ3) is 9.66. The van der Waals surface area contributed by atoms with Gasteiger partial charge in [-0.25, -0.2) is 0 Å². The molecule has 0 radical (unpaired) electrons. The zero-order valence-corrected chi connectivity index (χ0v) is 40.2. The van der Waals surface area contributed by atoms with Crippen molar-refractivity contribution >= 4 is 0 Å². The molecular weight excluding hydrogens is 758 g/mol. The van der Waals surface area contributed by atoms with E-state index in [4.69, 9.17) is 5.11 Å². The molecule has 0 heterocycles. The van der Waals surface area contributed by atoms with Gasteiger partial charge in [-0.1, -0.05) is 81.2 Å². The molecule has 0 amide bonds. The van der Waals surface area contributed by atoms with Crippen molar-refractivity contribution in [3.05, 3.63) is 73.5 Å². The molecule has 0 spiro atoms. The molecule has 2 aromatic carbocycles. The zero-order valence-electron chi connectivity index (χ0n) is 37.2. The quantitative estimate of drug-likeness (QED) is 0.222. The van der Waals surface area contributed by atoms with Crippen LogP contribution in [0.25, 0.3) is 0 Å². The van der Waals surface area contributed by atoms with Crippen LogP contribution in [0.1, 0.15) is 174 Å². The molecule has 2 nitrogen and oxygen atoms in total. The topological polar surface area (TPSA) is 40.5 Å². The molecule has 0 saturated heterocycles. The van der Waals surface area contributed by atoms with Gasteiger partial charge in [0.15, 0.2) is 0 Å². The zero-order chi connectivity index (χ0) is 38.1. The van der Waals surface area contributed by atoms with E-state index in [2.05, 4.69) is 26.0 Å². The van der Waals surface area contributed by atoms with Crippen molar-refractivity contribution in [2.75, 3.05) is 0 Å². The predicted molar refractivity (Wildman–Crippen MR) is 236 cm³/mol. The maximum Gasteiger partial charge on any atom is 2.00 e. The second kappa shape index (κ2) is 17.4. The van der Waals surface area contributed by atoms with Crippen molar-refractivity contribution in [1.29, 1.82) is 0 Å². The van der Waals surface area contributed by atoms with Crippen molar-refractivity contribution in [3.63, 3.8) is 0 Å². The van der Waals surface area contributed by atoms with E-state index in [0.717, 1.165) is 81.8 Å². The van der Waals surface area contributed by atoms with E-state index >= 15 is 0 Å². The smallest absolute Gasteiger partial charge is 0.508 e. The average Bonchev–Trinajstić information content (AvgIpc) is 3.10. The van der Waals surface area contributed by atoms with Gasteiger partial charge in [0.25, 0.3) is 0 Å². The summed E-state index contributed by atoms with van der Waals surface area (Å²) in [5.74, 6) is 15.9. The minimum atomic E-state index is 0. The number of benzene rings is 2. The van der Waals surface area contributed by atoms with Crippen LogP contribution in [0.3, 0.4) is 0 Å². The van der Waals surface area contributed by atoms with Crippen LogP contribution in [0.2, 0.25) is 0 Å². The maximum atomic E-state index is 9.44. The van der Waals surface area contributed by atoms with Crippen molar-refractivity contribution in [2.45, 2.75) is 173 Å². The summed E-state index contributed by atoms with van der Waals surface area (Å²) in [6, 6.07) is 16.8. The molecule has 3 heteroatoms. The van der Waals surface area contributed by atoms with Crippen LogP contribution in [0.4, 0.5) is 0 Å². The van der Waals surface area contributed by atoms with Gasteiger partial charge in [-0.3, -0.25) is 0 Å². The summed E-state index contributed by atoms with van der Waals surface area (Å²) in [6.45, 7) is 5.08. The molecule has 16 bridgehead atoms. The fourth-order valence-corrected chi connectivity index (χ4v) is 18.5. The summed E-state index contributed by atoms with van der Waals surface area (Å²) in [7, 11) is 0. The number of phenolic OH excluding ortho intramolecular Hbond substituents is 2. The van der Waals surface area contributed by atoms with Crippen LogP contribution < -0.4 is 0 Å². The normalized spacial score (nSPS) is 45.5. The molecule has 16 aliphatic carbocycles. The third-order valence-electron chi connectivity index (χ3n) is 18.7. The molecule has 0 aliphatic heterocycles. The molecule has 58 heavy (non-hydrogen) atoms. The molecule has 0 atom stereocenters. The van der Waals surface area contributed by atoms with Gasteiger partial charge in [0.1, 0.15) is 11.5 Å². The molecule has 16 aliphatic rings. The van der Waals surface area contributed by atoms with Crippen molar-refractivity contribution in [1.82, 2.24) is 0 Å². The number of hydrogen-bond acceptors (Lipinski definition) is 2. The predicted octanol–water partition coefficient (Wildman–Crippen LogP) is 14.9.